The molecule has 3 rings (SSSR count). The van der Waals surface area contributed by atoms with Gasteiger partial charge in [0.15, 0.2) is 0 Å². The highest BCUT2D eigenvalue weighted by molar-refractivity contribution is 9.10. The summed E-state index contributed by atoms with van der Waals surface area (Å²) in [5.74, 6) is 0.931. The van der Waals surface area contributed by atoms with Crippen LogP contribution < -0.4 is 10.5 Å². The lowest BCUT2D eigenvalue weighted by Crippen LogP contribution is -2.14. The molecule has 1 heterocycles. The van der Waals surface area contributed by atoms with E-state index in [2.05, 4.69) is 22.0 Å². The molecule has 0 aromatic heterocycles. The van der Waals surface area contributed by atoms with Crippen molar-refractivity contribution < 1.29 is 4.74 Å². The molecule has 0 spiro atoms. The van der Waals surface area contributed by atoms with Crippen LogP contribution in [-0.4, -0.2) is 6.61 Å². The van der Waals surface area contributed by atoms with Crippen LogP contribution in [0.1, 0.15) is 28.3 Å². The zero-order valence-electron chi connectivity index (χ0n) is 11.1. The SMILES string of the molecule is Cc1ccc(Cl)cc1C(N)c1cc(Br)cc2c1OCC2. The summed E-state index contributed by atoms with van der Waals surface area (Å²) in [7, 11) is 0. The van der Waals surface area contributed by atoms with Crippen LogP contribution in [0.15, 0.2) is 34.8 Å². The van der Waals surface area contributed by atoms with Gasteiger partial charge in [0.25, 0.3) is 0 Å². The maximum Gasteiger partial charge on any atom is 0.127 e. The van der Waals surface area contributed by atoms with E-state index < -0.39 is 0 Å². The van der Waals surface area contributed by atoms with Gasteiger partial charge in [0.05, 0.1) is 12.6 Å². The largest absolute Gasteiger partial charge is 0.493 e. The number of aryl methyl sites for hydroxylation is 1. The minimum atomic E-state index is -0.238. The molecular weight excluding hydrogens is 338 g/mol. The van der Waals surface area contributed by atoms with Crippen LogP contribution in [0.5, 0.6) is 5.75 Å². The van der Waals surface area contributed by atoms with E-state index in [1.54, 1.807) is 0 Å². The molecule has 2 aromatic carbocycles. The van der Waals surface area contributed by atoms with E-state index in [9.17, 15) is 0 Å². The van der Waals surface area contributed by atoms with Crippen LogP contribution in [0.3, 0.4) is 0 Å². The molecule has 1 aliphatic rings. The number of nitrogens with two attached hydrogens (primary N) is 1. The number of ether oxygens (including phenoxy) is 1. The predicted molar refractivity (Wildman–Crippen MR) is 85.6 cm³/mol. The van der Waals surface area contributed by atoms with E-state index in [-0.39, 0.29) is 6.04 Å². The van der Waals surface area contributed by atoms with Crippen LogP contribution in [-0.2, 0) is 6.42 Å². The Bertz CT molecular complexity index is 672. The molecule has 2 aromatic rings. The lowest BCUT2D eigenvalue weighted by molar-refractivity contribution is 0.352. The third kappa shape index (κ3) is 2.46. The maximum absolute atomic E-state index is 6.47. The fraction of sp³-hybridized carbons (Fsp3) is 0.250. The smallest absolute Gasteiger partial charge is 0.127 e. The highest BCUT2D eigenvalue weighted by Crippen LogP contribution is 2.38. The molecule has 0 radical (unpaired) electrons. The molecule has 1 atom stereocenters. The summed E-state index contributed by atoms with van der Waals surface area (Å²) in [5.41, 5.74) is 10.9. The number of halogens is 2. The number of rotatable bonds is 2. The van der Waals surface area contributed by atoms with Crippen molar-refractivity contribution in [2.45, 2.75) is 19.4 Å². The van der Waals surface area contributed by atoms with Crippen molar-refractivity contribution in [3.8, 4) is 5.75 Å². The number of fused-ring (bicyclic) bond motifs is 1. The second kappa shape index (κ2) is 5.40. The van der Waals surface area contributed by atoms with Crippen molar-refractivity contribution in [1.82, 2.24) is 0 Å². The Labute approximate surface area is 132 Å². The zero-order valence-corrected chi connectivity index (χ0v) is 13.5. The van der Waals surface area contributed by atoms with Crippen LogP contribution >= 0.6 is 27.5 Å². The van der Waals surface area contributed by atoms with Gasteiger partial charge in [-0.1, -0.05) is 33.6 Å². The minimum absolute atomic E-state index is 0.238. The van der Waals surface area contributed by atoms with Gasteiger partial charge in [0.1, 0.15) is 5.75 Å². The Hall–Kier alpha value is -1.03. The monoisotopic (exact) mass is 351 g/mol. The Balaban J connectivity index is 2.11. The molecule has 4 heteroatoms. The molecule has 20 heavy (non-hydrogen) atoms. The van der Waals surface area contributed by atoms with Gasteiger partial charge in [0, 0.05) is 21.5 Å². The number of hydrogen-bond donors (Lipinski definition) is 1. The standard InChI is InChI=1S/C16H15BrClNO/c1-9-2-3-12(18)8-13(9)15(19)14-7-11(17)6-10-4-5-20-16(10)14/h2-3,6-8,15H,4-5,19H2,1H3. The molecule has 0 aliphatic carbocycles. The van der Waals surface area contributed by atoms with E-state index in [0.29, 0.717) is 5.02 Å². The average Bonchev–Trinajstić information content (AvgIpc) is 2.87. The molecule has 0 saturated carbocycles. The first kappa shape index (κ1) is 13.9. The Kier molecular flexibility index (Phi) is 3.76. The lowest BCUT2D eigenvalue weighted by atomic mass is 9.94. The average molecular weight is 353 g/mol. The van der Waals surface area contributed by atoms with E-state index in [1.165, 1.54) is 5.56 Å². The molecule has 2 nitrogen and oxygen atoms in total. The van der Waals surface area contributed by atoms with Crippen LogP contribution in [0.25, 0.3) is 0 Å². The first-order chi connectivity index (χ1) is 9.56. The van der Waals surface area contributed by atoms with Gasteiger partial charge in [-0.05, 0) is 47.9 Å². The third-order valence-corrected chi connectivity index (χ3v) is 4.38. The third-order valence-electron chi connectivity index (χ3n) is 3.69. The normalized spacial score (nSPS) is 14.8. The second-order valence-electron chi connectivity index (χ2n) is 5.06. The summed E-state index contributed by atoms with van der Waals surface area (Å²) >= 11 is 9.65. The lowest BCUT2D eigenvalue weighted by Gasteiger charge is -2.18. The highest BCUT2D eigenvalue weighted by Gasteiger charge is 2.23. The summed E-state index contributed by atoms with van der Waals surface area (Å²) in [6.45, 7) is 2.77. The summed E-state index contributed by atoms with van der Waals surface area (Å²) in [5, 5.41) is 0.702. The van der Waals surface area contributed by atoms with Gasteiger partial charge >= 0.3 is 0 Å². The van der Waals surface area contributed by atoms with Crippen molar-refractivity contribution in [2.24, 2.45) is 5.73 Å². The van der Waals surface area contributed by atoms with Gasteiger partial charge in [-0.2, -0.15) is 0 Å². The number of benzene rings is 2. The van der Waals surface area contributed by atoms with Gasteiger partial charge in [-0.15, -0.1) is 0 Å². The first-order valence-corrected chi connectivity index (χ1v) is 7.70. The molecule has 0 saturated heterocycles. The zero-order chi connectivity index (χ0) is 14.3. The number of hydrogen-bond acceptors (Lipinski definition) is 2. The summed E-state index contributed by atoms with van der Waals surface area (Å²) < 4.78 is 6.80. The van der Waals surface area contributed by atoms with Crippen LogP contribution in [0.2, 0.25) is 5.02 Å². The Morgan fingerprint density at radius 1 is 1.25 bits per heavy atom. The van der Waals surface area contributed by atoms with Crippen molar-refractivity contribution in [1.29, 1.82) is 0 Å². The van der Waals surface area contributed by atoms with E-state index >= 15 is 0 Å². The molecule has 1 unspecified atom stereocenters. The molecule has 2 N–H and O–H groups in total. The predicted octanol–water partition coefficient (Wildman–Crippen LogP) is 4.39. The van der Waals surface area contributed by atoms with E-state index in [1.807, 2.05) is 31.2 Å². The molecule has 1 aliphatic heterocycles. The minimum Gasteiger partial charge on any atom is -0.493 e. The van der Waals surface area contributed by atoms with Gasteiger partial charge in [0.2, 0.25) is 0 Å². The van der Waals surface area contributed by atoms with Crippen molar-refractivity contribution >= 4 is 27.5 Å². The molecule has 0 bridgehead atoms. The fourth-order valence-corrected chi connectivity index (χ4v) is 3.35. The van der Waals surface area contributed by atoms with E-state index in [0.717, 1.165) is 39.9 Å². The maximum atomic E-state index is 6.47. The second-order valence-corrected chi connectivity index (χ2v) is 6.41. The fourth-order valence-electron chi connectivity index (χ4n) is 2.64. The Morgan fingerprint density at radius 3 is 2.85 bits per heavy atom. The summed E-state index contributed by atoms with van der Waals surface area (Å²) in [4.78, 5) is 0. The van der Waals surface area contributed by atoms with Gasteiger partial charge in [-0.3, -0.25) is 0 Å². The van der Waals surface area contributed by atoms with E-state index in [4.69, 9.17) is 22.1 Å². The van der Waals surface area contributed by atoms with Crippen LogP contribution in [0.4, 0.5) is 0 Å². The Morgan fingerprint density at radius 2 is 2.05 bits per heavy atom. The van der Waals surface area contributed by atoms with Gasteiger partial charge in [-0.25, -0.2) is 0 Å². The van der Waals surface area contributed by atoms with Crippen LogP contribution in [0, 0.1) is 6.92 Å². The van der Waals surface area contributed by atoms with Gasteiger partial charge < -0.3 is 10.5 Å². The van der Waals surface area contributed by atoms with Crippen molar-refractivity contribution in [2.75, 3.05) is 6.61 Å². The summed E-state index contributed by atoms with van der Waals surface area (Å²) in [6.07, 6.45) is 0.934. The quantitative estimate of drug-likeness (QED) is 0.870. The summed E-state index contributed by atoms with van der Waals surface area (Å²) in [6, 6.07) is 9.71. The highest BCUT2D eigenvalue weighted by atomic mass is 79.9. The molecule has 0 amide bonds. The molecule has 0 fully saturated rings. The molecular formula is C16H15BrClNO. The topological polar surface area (TPSA) is 35.2 Å². The van der Waals surface area contributed by atoms with Crippen molar-refractivity contribution in [3.63, 3.8) is 0 Å². The molecule has 104 valence electrons. The first-order valence-electron chi connectivity index (χ1n) is 6.53. The van der Waals surface area contributed by atoms with Crippen molar-refractivity contribution in [3.05, 3.63) is 62.1 Å².